The molecule has 2 amide bonds. The molecule has 0 aromatic heterocycles. The van der Waals surface area contributed by atoms with Crippen molar-refractivity contribution in [1.29, 1.82) is 0 Å². The van der Waals surface area contributed by atoms with E-state index in [1.54, 1.807) is 55.6 Å². The highest BCUT2D eigenvalue weighted by Crippen LogP contribution is 2.43. The maximum Gasteiger partial charge on any atom is 0.258 e. The standard InChI is InChI=1S/C28H26Cl3N3O5S/c1-33-15-25(35)34(28(33)37)14-16-10-17-8-9-19(32-27(36)26-22(30)6-3-7-23(26)31)13-21(17)24(11-16)40(38,39)20-5-2-4-18(29)12-20/h2-9,12-13,16,24,28,37H,10-11,14-15H2,1H3,(H,32,36)/t16-,24?,28?/m1/s1. The van der Waals surface area contributed by atoms with Gasteiger partial charge in [0.25, 0.3) is 5.91 Å². The number of aliphatic hydroxyl groups excluding tert-OH is 1. The van der Waals surface area contributed by atoms with E-state index in [-0.39, 0.29) is 51.8 Å². The number of amides is 2. The predicted molar refractivity (Wildman–Crippen MR) is 154 cm³/mol. The Bertz CT molecular complexity index is 1580. The topological polar surface area (TPSA) is 107 Å². The van der Waals surface area contributed by atoms with E-state index < -0.39 is 27.3 Å². The van der Waals surface area contributed by atoms with Gasteiger partial charge < -0.3 is 15.3 Å². The van der Waals surface area contributed by atoms with E-state index in [9.17, 15) is 23.1 Å². The van der Waals surface area contributed by atoms with E-state index in [0.717, 1.165) is 5.56 Å². The third-order valence-corrected chi connectivity index (χ3v) is 10.3. The first-order valence-electron chi connectivity index (χ1n) is 12.5. The molecular weight excluding hydrogens is 597 g/mol. The third kappa shape index (κ3) is 5.59. The zero-order valence-electron chi connectivity index (χ0n) is 21.4. The van der Waals surface area contributed by atoms with Gasteiger partial charge in [0.2, 0.25) is 5.91 Å². The van der Waals surface area contributed by atoms with Crippen molar-refractivity contribution >= 4 is 62.1 Å². The van der Waals surface area contributed by atoms with Gasteiger partial charge in [0.15, 0.2) is 16.2 Å². The van der Waals surface area contributed by atoms with E-state index >= 15 is 0 Å². The molecule has 2 unspecified atom stereocenters. The fourth-order valence-corrected chi connectivity index (χ4v) is 8.15. The number of halogens is 3. The van der Waals surface area contributed by atoms with Crippen LogP contribution in [-0.2, 0) is 21.1 Å². The second-order valence-electron chi connectivity index (χ2n) is 10.1. The minimum atomic E-state index is -3.93. The highest BCUT2D eigenvalue weighted by atomic mass is 35.5. The molecule has 2 aliphatic rings. The lowest BCUT2D eigenvalue weighted by atomic mass is 9.83. The van der Waals surface area contributed by atoms with Crippen molar-refractivity contribution in [2.24, 2.45) is 5.92 Å². The Morgan fingerprint density at radius 1 is 1.05 bits per heavy atom. The monoisotopic (exact) mass is 621 g/mol. The quantitative estimate of drug-likeness (QED) is 0.400. The van der Waals surface area contributed by atoms with E-state index in [4.69, 9.17) is 34.8 Å². The fourth-order valence-electron chi connectivity index (χ4n) is 5.36. The number of aliphatic hydroxyl groups is 1. The van der Waals surface area contributed by atoms with Gasteiger partial charge in [-0.25, -0.2) is 8.42 Å². The van der Waals surface area contributed by atoms with Gasteiger partial charge >= 0.3 is 0 Å². The van der Waals surface area contributed by atoms with Gasteiger partial charge in [0.1, 0.15) is 0 Å². The molecule has 1 fully saturated rings. The van der Waals surface area contributed by atoms with E-state index in [0.29, 0.717) is 22.7 Å². The minimum absolute atomic E-state index is 0.0749. The first-order chi connectivity index (χ1) is 19.0. The summed E-state index contributed by atoms with van der Waals surface area (Å²) in [5, 5.41) is 13.0. The molecule has 0 bridgehead atoms. The number of nitrogens with zero attached hydrogens (tertiary/aromatic N) is 2. The van der Waals surface area contributed by atoms with Crippen molar-refractivity contribution in [3.05, 3.63) is 92.4 Å². The highest BCUT2D eigenvalue weighted by molar-refractivity contribution is 7.91. The van der Waals surface area contributed by atoms with Gasteiger partial charge in [-0.2, -0.15) is 0 Å². The van der Waals surface area contributed by atoms with Crippen LogP contribution in [0.5, 0.6) is 0 Å². The first kappa shape index (κ1) is 28.9. The van der Waals surface area contributed by atoms with Crippen LogP contribution in [-0.4, -0.2) is 61.6 Å². The van der Waals surface area contributed by atoms with Crippen molar-refractivity contribution in [1.82, 2.24) is 9.80 Å². The largest absolute Gasteiger partial charge is 0.361 e. The van der Waals surface area contributed by atoms with Crippen LogP contribution in [0.1, 0.15) is 33.2 Å². The number of anilines is 1. The summed E-state index contributed by atoms with van der Waals surface area (Å²) >= 11 is 18.5. The summed E-state index contributed by atoms with van der Waals surface area (Å²) in [4.78, 5) is 28.5. The van der Waals surface area contributed by atoms with Crippen LogP contribution in [0.15, 0.2) is 65.6 Å². The second-order valence-corrected chi connectivity index (χ2v) is 13.5. The van der Waals surface area contributed by atoms with Gasteiger partial charge in [-0.1, -0.05) is 53.0 Å². The zero-order chi connectivity index (χ0) is 28.8. The number of hydrogen-bond donors (Lipinski definition) is 2. The predicted octanol–water partition coefficient (Wildman–Crippen LogP) is 5.03. The number of rotatable bonds is 6. The SMILES string of the molecule is CN1CC(=O)N(C[C@@H]2Cc3ccc(NC(=O)c4c(Cl)cccc4Cl)cc3C(S(=O)(=O)c3cccc(Cl)c3)C2)C1O. The minimum Gasteiger partial charge on any atom is -0.361 e. The average Bonchev–Trinajstić information content (AvgIpc) is 3.14. The Morgan fingerprint density at radius 3 is 2.40 bits per heavy atom. The molecule has 1 aliphatic heterocycles. The van der Waals surface area contributed by atoms with Crippen LogP contribution < -0.4 is 5.32 Å². The average molecular weight is 623 g/mol. The van der Waals surface area contributed by atoms with Crippen molar-refractivity contribution in [2.75, 3.05) is 25.5 Å². The summed E-state index contributed by atoms with van der Waals surface area (Å²) in [5.41, 5.74) is 1.82. The van der Waals surface area contributed by atoms with Crippen LogP contribution in [0.25, 0.3) is 0 Å². The van der Waals surface area contributed by atoms with Crippen LogP contribution in [0.3, 0.4) is 0 Å². The lowest BCUT2D eigenvalue weighted by Crippen LogP contribution is -2.42. The van der Waals surface area contributed by atoms with Gasteiger partial charge in [-0.15, -0.1) is 0 Å². The Balaban J connectivity index is 1.51. The highest BCUT2D eigenvalue weighted by Gasteiger charge is 2.41. The molecule has 12 heteroatoms. The molecule has 1 heterocycles. The number of carbonyl (C=O) groups is 2. The molecule has 3 aromatic rings. The normalized spacial score (nSPS) is 21.4. The summed E-state index contributed by atoms with van der Waals surface area (Å²) in [6.07, 6.45) is -0.372. The maximum absolute atomic E-state index is 14.0. The molecule has 5 rings (SSSR count). The zero-order valence-corrected chi connectivity index (χ0v) is 24.4. The summed E-state index contributed by atoms with van der Waals surface area (Å²) in [6, 6.07) is 16.0. The number of carbonyl (C=O) groups excluding carboxylic acids is 2. The lowest BCUT2D eigenvalue weighted by molar-refractivity contribution is -0.135. The second kappa shape index (κ2) is 11.3. The van der Waals surface area contributed by atoms with Crippen molar-refractivity contribution < 1.29 is 23.1 Å². The summed E-state index contributed by atoms with van der Waals surface area (Å²) in [7, 11) is -2.28. The summed E-state index contributed by atoms with van der Waals surface area (Å²) < 4.78 is 28.0. The Labute approximate surface area is 247 Å². The Hall–Kier alpha value is -2.66. The Kier molecular flexibility index (Phi) is 8.16. The van der Waals surface area contributed by atoms with E-state index in [1.165, 1.54) is 21.9 Å². The van der Waals surface area contributed by atoms with Crippen LogP contribution in [0.4, 0.5) is 5.69 Å². The lowest BCUT2D eigenvalue weighted by Gasteiger charge is -2.35. The van der Waals surface area contributed by atoms with E-state index in [1.807, 2.05) is 0 Å². The molecule has 2 N–H and O–H groups in total. The number of fused-ring (bicyclic) bond motifs is 1. The molecule has 0 saturated carbocycles. The number of benzene rings is 3. The van der Waals surface area contributed by atoms with E-state index in [2.05, 4.69) is 5.32 Å². The molecule has 3 atom stereocenters. The molecule has 1 saturated heterocycles. The molecule has 1 aliphatic carbocycles. The van der Waals surface area contributed by atoms with Crippen molar-refractivity contribution in [2.45, 2.75) is 29.3 Å². The van der Waals surface area contributed by atoms with Crippen LogP contribution in [0, 0.1) is 5.92 Å². The summed E-state index contributed by atoms with van der Waals surface area (Å²) in [6.45, 7) is 0.294. The fraction of sp³-hybridized carbons (Fsp3) is 0.286. The molecular formula is C28H26Cl3N3O5S. The molecule has 8 nitrogen and oxygen atoms in total. The molecule has 40 heavy (non-hydrogen) atoms. The summed E-state index contributed by atoms with van der Waals surface area (Å²) in [5.74, 6) is -0.977. The Morgan fingerprint density at radius 2 is 1.75 bits per heavy atom. The molecule has 0 radical (unpaired) electrons. The van der Waals surface area contributed by atoms with Crippen LogP contribution in [0.2, 0.25) is 15.1 Å². The van der Waals surface area contributed by atoms with Gasteiger partial charge in [-0.3, -0.25) is 14.5 Å². The molecule has 0 spiro atoms. The number of nitrogens with one attached hydrogen (secondary N) is 1. The molecule has 3 aromatic carbocycles. The van der Waals surface area contributed by atoms with Crippen molar-refractivity contribution in [3.8, 4) is 0 Å². The van der Waals surface area contributed by atoms with Gasteiger partial charge in [0, 0.05) is 17.3 Å². The number of likely N-dealkylation sites (N-methyl/N-ethyl adjacent to an activating group) is 1. The third-order valence-electron chi connectivity index (χ3n) is 7.33. The van der Waals surface area contributed by atoms with Crippen molar-refractivity contribution in [3.63, 3.8) is 0 Å². The number of hydrogen-bond acceptors (Lipinski definition) is 6. The van der Waals surface area contributed by atoms with Crippen LogP contribution >= 0.6 is 34.8 Å². The molecule has 210 valence electrons. The maximum atomic E-state index is 14.0. The van der Waals surface area contributed by atoms with Gasteiger partial charge in [0.05, 0.1) is 32.3 Å². The number of sulfone groups is 1. The first-order valence-corrected chi connectivity index (χ1v) is 15.2. The smallest absolute Gasteiger partial charge is 0.258 e. The van der Waals surface area contributed by atoms with Gasteiger partial charge in [-0.05, 0) is 79.4 Å².